The maximum Gasteiger partial charge on any atom is 0.253 e. The monoisotopic (exact) mass is 574 g/mol. The number of rotatable bonds is 8. The molecule has 0 bridgehead atoms. The van der Waals surface area contributed by atoms with Gasteiger partial charge in [0.15, 0.2) is 0 Å². The molecular weight excluding hydrogens is 539 g/mol. The lowest BCUT2D eigenvalue weighted by molar-refractivity contribution is -0.179. The summed E-state index contributed by atoms with van der Waals surface area (Å²) in [4.78, 5) is 16.6. The lowest BCUT2D eigenvalue weighted by Gasteiger charge is -2.49. The first-order valence-electron chi connectivity index (χ1n) is 13.2. The summed E-state index contributed by atoms with van der Waals surface area (Å²) in [7, 11) is 1.91. The molecule has 6 nitrogen and oxygen atoms in total. The molecule has 0 aromatic heterocycles. The minimum atomic E-state index is -0.629. The van der Waals surface area contributed by atoms with Gasteiger partial charge in [0.1, 0.15) is 12.2 Å². The number of hydrazine groups is 2. The van der Waals surface area contributed by atoms with E-state index in [0.717, 1.165) is 35.4 Å². The molecule has 0 unspecified atom stereocenters. The van der Waals surface area contributed by atoms with Crippen LogP contribution in [0.5, 0.6) is 0 Å². The van der Waals surface area contributed by atoms with Crippen LogP contribution in [0.1, 0.15) is 63.3 Å². The first-order chi connectivity index (χ1) is 18.1. The van der Waals surface area contributed by atoms with Gasteiger partial charge in [0.25, 0.3) is 5.91 Å². The van der Waals surface area contributed by atoms with Gasteiger partial charge in [-0.15, -0.1) is 5.53 Å². The number of thioether (sulfide) groups is 1. The topological polar surface area (TPSA) is 56.8 Å². The highest BCUT2D eigenvalue weighted by molar-refractivity contribution is 8.00. The predicted molar refractivity (Wildman–Crippen MR) is 156 cm³/mol. The number of carbonyl (C=O) groups excluding carboxylic acids is 1. The molecule has 1 saturated heterocycles. The maximum atomic E-state index is 14.4. The van der Waals surface area contributed by atoms with Crippen LogP contribution in [-0.4, -0.2) is 45.5 Å². The van der Waals surface area contributed by atoms with Crippen molar-refractivity contribution in [1.82, 2.24) is 20.9 Å². The molecule has 0 spiro atoms. The molecule has 2 fully saturated rings. The summed E-state index contributed by atoms with van der Waals surface area (Å²) < 4.78 is 6.84. The first-order valence-corrected chi connectivity index (χ1v) is 14.9. The Bertz CT molecular complexity index is 1180. The fourth-order valence-electron chi connectivity index (χ4n) is 5.23. The zero-order valence-corrected chi connectivity index (χ0v) is 24.6. The molecule has 1 aliphatic carbocycles. The van der Waals surface area contributed by atoms with E-state index in [1.54, 1.807) is 0 Å². The second-order valence-electron chi connectivity index (χ2n) is 11.4. The Hall–Kier alpha value is -1.90. The molecule has 3 aliphatic rings. The van der Waals surface area contributed by atoms with E-state index in [2.05, 4.69) is 36.6 Å². The van der Waals surface area contributed by atoms with Crippen molar-refractivity contribution in [2.45, 2.75) is 69.1 Å². The average molecular weight is 576 g/mol. The highest BCUT2D eigenvalue weighted by Gasteiger charge is 2.50. The van der Waals surface area contributed by atoms with Crippen LogP contribution >= 0.6 is 35.0 Å². The molecule has 4 atom stereocenters. The van der Waals surface area contributed by atoms with E-state index < -0.39 is 6.10 Å². The molecule has 5 rings (SSSR count). The third kappa shape index (κ3) is 6.45. The maximum absolute atomic E-state index is 14.4. The fraction of sp³-hybridized carbons (Fsp3) is 0.483. The number of hydrogen-bond acceptors (Lipinski definition) is 6. The summed E-state index contributed by atoms with van der Waals surface area (Å²) in [6, 6.07) is 15.5. The minimum Gasteiger partial charge on any atom is -0.358 e. The second-order valence-corrected chi connectivity index (χ2v) is 14.1. The van der Waals surface area contributed by atoms with E-state index >= 15 is 0 Å². The Morgan fingerprint density at radius 2 is 1.82 bits per heavy atom. The fourth-order valence-corrected chi connectivity index (χ4v) is 6.65. The van der Waals surface area contributed by atoms with Crippen LogP contribution in [0.15, 0.2) is 60.4 Å². The molecule has 2 heterocycles. The second kappa shape index (κ2) is 11.3. The van der Waals surface area contributed by atoms with Gasteiger partial charge in [0, 0.05) is 52.0 Å². The van der Waals surface area contributed by atoms with Crippen molar-refractivity contribution in [2.75, 3.05) is 12.8 Å². The van der Waals surface area contributed by atoms with Gasteiger partial charge in [0.2, 0.25) is 0 Å². The Morgan fingerprint density at radius 3 is 2.42 bits per heavy atom. The van der Waals surface area contributed by atoms with Crippen molar-refractivity contribution in [3.63, 3.8) is 0 Å². The van der Waals surface area contributed by atoms with Gasteiger partial charge in [-0.2, -0.15) is 11.8 Å². The predicted octanol–water partition coefficient (Wildman–Crippen LogP) is 6.50. The Labute approximate surface area is 240 Å². The standard InChI is InChI=1S/C29H36Cl2N4O2S/c1-29(2,3)38-17-24(18-8-9-18)35-26(19-10-12-21(30)13-11-19)27(20-6-5-7-22(31)14-20)37-25(28(35)36)15-23-16-34(4)33-32-23/h5-7,10-14,16,18,24-27,32-33H,8-9,15,17H2,1-4H3/t24-,25-,26-,27-/m1/s1. The smallest absolute Gasteiger partial charge is 0.253 e. The summed E-state index contributed by atoms with van der Waals surface area (Å²) in [5.74, 6) is 1.40. The zero-order chi connectivity index (χ0) is 27.0. The number of ether oxygens (including phenoxy) is 1. The van der Waals surface area contributed by atoms with Crippen molar-refractivity contribution in [3.05, 3.63) is 81.6 Å². The molecule has 2 N–H and O–H groups in total. The number of nitrogens with zero attached hydrogens (tertiary/aromatic N) is 2. The van der Waals surface area contributed by atoms with Crippen LogP contribution in [0.3, 0.4) is 0 Å². The van der Waals surface area contributed by atoms with E-state index in [1.807, 2.05) is 78.5 Å². The zero-order valence-electron chi connectivity index (χ0n) is 22.3. The van der Waals surface area contributed by atoms with E-state index in [1.165, 1.54) is 0 Å². The Balaban J connectivity index is 1.59. The van der Waals surface area contributed by atoms with Crippen LogP contribution in [0, 0.1) is 5.92 Å². The van der Waals surface area contributed by atoms with Crippen molar-refractivity contribution in [2.24, 2.45) is 5.92 Å². The van der Waals surface area contributed by atoms with Gasteiger partial charge in [-0.3, -0.25) is 9.80 Å². The van der Waals surface area contributed by atoms with E-state index in [-0.39, 0.29) is 28.8 Å². The lowest BCUT2D eigenvalue weighted by Crippen LogP contribution is -2.56. The molecule has 9 heteroatoms. The number of hydrogen-bond donors (Lipinski definition) is 2. The molecule has 204 valence electrons. The van der Waals surface area contributed by atoms with Gasteiger partial charge in [0.05, 0.1) is 6.04 Å². The molecule has 1 amide bonds. The van der Waals surface area contributed by atoms with Gasteiger partial charge in [-0.05, 0) is 54.2 Å². The first kappa shape index (κ1) is 27.7. The molecule has 2 aromatic carbocycles. The van der Waals surface area contributed by atoms with Crippen LogP contribution in [-0.2, 0) is 9.53 Å². The number of carbonyl (C=O) groups is 1. The van der Waals surface area contributed by atoms with Crippen LogP contribution < -0.4 is 11.0 Å². The van der Waals surface area contributed by atoms with Gasteiger partial charge in [-0.1, -0.05) is 68.2 Å². The summed E-state index contributed by atoms with van der Waals surface area (Å²) >= 11 is 14.7. The highest BCUT2D eigenvalue weighted by Crippen LogP contribution is 2.49. The van der Waals surface area contributed by atoms with Crippen LogP contribution in [0.25, 0.3) is 0 Å². The number of benzene rings is 2. The van der Waals surface area contributed by atoms with Gasteiger partial charge >= 0.3 is 0 Å². The van der Waals surface area contributed by atoms with E-state index in [9.17, 15) is 4.79 Å². The number of amides is 1. The van der Waals surface area contributed by atoms with Gasteiger partial charge < -0.3 is 15.1 Å². The third-order valence-corrected chi connectivity index (χ3v) is 9.04. The molecule has 2 aliphatic heterocycles. The SMILES string of the molecule is CN1C=C(C[C@H]2O[C@H](c3cccc(Cl)c3)[C@@H](c3ccc(Cl)cc3)N([C@H](CSC(C)(C)C)C3CC3)C2=O)NN1. The number of nitrogens with one attached hydrogen (secondary N) is 2. The van der Waals surface area contributed by atoms with Crippen molar-refractivity contribution in [3.8, 4) is 0 Å². The van der Waals surface area contributed by atoms with Crippen LogP contribution in [0.4, 0.5) is 0 Å². The summed E-state index contributed by atoms with van der Waals surface area (Å²) in [5.41, 5.74) is 9.08. The number of morpholine rings is 1. The minimum absolute atomic E-state index is 0.0342. The average Bonchev–Trinajstić information content (AvgIpc) is 3.62. The van der Waals surface area contributed by atoms with Gasteiger partial charge in [-0.25, -0.2) is 0 Å². The van der Waals surface area contributed by atoms with E-state index in [4.69, 9.17) is 27.9 Å². The van der Waals surface area contributed by atoms with Crippen molar-refractivity contribution in [1.29, 1.82) is 0 Å². The number of halogens is 2. The summed E-state index contributed by atoms with van der Waals surface area (Å²) in [5, 5.41) is 3.14. The van der Waals surface area contributed by atoms with Crippen molar-refractivity contribution < 1.29 is 9.53 Å². The highest BCUT2D eigenvalue weighted by atomic mass is 35.5. The molecule has 0 radical (unpaired) electrons. The Morgan fingerprint density at radius 1 is 1.08 bits per heavy atom. The van der Waals surface area contributed by atoms with Crippen molar-refractivity contribution >= 4 is 40.9 Å². The third-order valence-electron chi connectivity index (χ3n) is 7.17. The summed E-state index contributed by atoms with van der Waals surface area (Å²) in [6.45, 7) is 6.70. The Kier molecular flexibility index (Phi) is 8.22. The molecule has 2 aromatic rings. The largest absolute Gasteiger partial charge is 0.358 e. The van der Waals surface area contributed by atoms with E-state index in [0.29, 0.717) is 22.4 Å². The molecule has 38 heavy (non-hydrogen) atoms. The normalized spacial score (nSPS) is 24.8. The van der Waals surface area contributed by atoms with Crippen LogP contribution in [0.2, 0.25) is 10.0 Å². The molecular formula is C29H36Cl2N4O2S. The summed E-state index contributed by atoms with van der Waals surface area (Å²) in [6.07, 6.45) is 3.67. The quantitative estimate of drug-likeness (QED) is 0.375. The molecule has 1 saturated carbocycles. The lowest BCUT2D eigenvalue weighted by atomic mass is 9.89.